The second-order valence-electron chi connectivity index (χ2n) is 3.64. The third-order valence-corrected chi connectivity index (χ3v) is 2.30. The smallest absolute Gasteiger partial charge is 0.190 e. The van der Waals surface area contributed by atoms with Crippen LogP contribution < -0.4 is 0 Å². The Bertz CT molecular complexity index is 546. The number of aryl methyl sites for hydroxylation is 1. The molecule has 2 aromatic rings. The van der Waals surface area contributed by atoms with Gasteiger partial charge in [-0.15, -0.1) is 0 Å². The summed E-state index contributed by atoms with van der Waals surface area (Å²) in [5.74, 6) is -0.520. The predicted octanol–water partition coefficient (Wildman–Crippen LogP) is 1.27. The van der Waals surface area contributed by atoms with Gasteiger partial charge in [-0.05, 0) is 18.2 Å². The van der Waals surface area contributed by atoms with E-state index in [1.165, 1.54) is 10.9 Å². The summed E-state index contributed by atoms with van der Waals surface area (Å²) in [5, 5.41) is 3.96. The molecule has 0 saturated heterocycles. The van der Waals surface area contributed by atoms with Crippen molar-refractivity contribution in [3.05, 3.63) is 48.0 Å². The highest BCUT2D eigenvalue weighted by atomic mass is 16.1. The molecule has 0 spiro atoms. The minimum atomic E-state index is -0.278. The molecule has 0 aliphatic heterocycles. The molecular weight excluding hydrogens is 218 g/mol. The first-order valence-electron chi connectivity index (χ1n) is 5.13. The van der Waals surface area contributed by atoms with Crippen LogP contribution in [0.25, 0.3) is 0 Å². The van der Waals surface area contributed by atoms with Crippen molar-refractivity contribution in [2.45, 2.75) is 6.42 Å². The highest BCUT2D eigenvalue weighted by Gasteiger charge is 2.15. The minimum Gasteiger partial charge on any atom is -0.294 e. The lowest BCUT2D eigenvalue weighted by atomic mass is 10.1. The van der Waals surface area contributed by atoms with Gasteiger partial charge in [0.05, 0.1) is 6.42 Å². The summed E-state index contributed by atoms with van der Waals surface area (Å²) in [7, 11) is 1.72. The molecule has 0 unspecified atom stereocenters. The fraction of sp³-hybridized carbons (Fsp3) is 0.167. The van der Waals surface area contributed by atoms with Crippen LogP contribution in [0.2, 0.25) is 0 Å². The number of nitrogens with zero attached hydrogens (tertiary/aromatic N) is 3. The first-order chi connectivity index (χ1) is 8.16. The second-order valence-corrected chi connectivity index (χ2v) is 3.64. The quantitative estimate of drug-likeness (QED) is 0.585. The summed E-state index contributed by atoms with van der Waals surface area (Å²) in [6.45, 7) is 0. The monoisotopic (exact) mass is 229 g/mol. The molecular formula is C12H11N3O2. The average Bonchev–Trinajstić information content (AvgIpc) is 2.77. The van der Waals surface area contributed by atoms with Crippen LogP contribution in [0.15, 0.2) is 36.8 Å². The number of carbonyl (C=O) groups is 2. The number of pyridine rings is 1. The highest BCUT2D eigenvalue weighted by molar-refractivity contribution is 6.12. The Kier molecular flexibility index (Phi) is 3.09. The van der Waals surface area contributed by atoms with Gasteiger partial charge in [0.1, 0.15) is 5.69 Å². The maximum absolute atomic E-state index is 11.7. The number of Topliss-reactive ketones (excluding diaryl/α,β-unsaturated/α-hetero) is 2. The SMILES string of the molecule is Cn1ccc(C(=O)CC(=O)c2cccnc2)n1. The summed E-state index contributed by atoms with van der Waals surface area (Å²) in [5.41, 5.74) is 0.751. The normalized spacial score (nSPS) is 10.2. The van der Waals surface area contributed by atoms with Crippen molar-refractivity contribution in [1.82, 2.24) is 14.8 Å². The molecule has 0 N–H and O–H groups in total. The Labute approximate surface area is 98.1 Å². The molecule has 0 radical (unpaired) electrons. The molecule has 17 heavy (non-hydrogen) atoms. The summed E-state index contributed by atoms with van der Waals surface area (Å²) < 4.78 is 1.53. The Morgan fingerprint density at radius 2 is 2.12 bits per heavy atom. The Balaban J connectivity index is 2.07. The van der Waals surface area contributed by atoms with Gasteiger partial charge in [0, 0.05) is 31.2 Å². The van der Waals surface area contributed by atoms with Gasteiger partial charge < -0.3 is 0 Å². The second kappa shape index (κ2) is 4.69. The van der Waals surface area contributed by atoms with E-state index in [4.69, 9.17) is 0 Å². The number of aromatic nitrogens is 3. The van der Waals surface area contributed by atoms with E-state index in [2.05, 4.69) is 10.1 Å². The predicted molar refractivity (Wildman–Crippen MR) is 60.7 cm³/mol. The van der Waals surface area contributed by atoms with Crippen LogP contribution in [0.1, 0.15) is 27.3 Å². The third kappa shape index (κ3) is 2.63. The van der Waals surface area contributed by atoms with E-state index in [0.717, 1.165) is 0 Å². The fourth-order valence-corrected chi connectivity index (χ4v) is 1.43. The molecule has 2 heterocycles. The molecule has 5 heteroatoms. The van der Waals surface area contributed by atoms with Gasteiger partial charge in [-0.3, -0.25) is 19.3 Å². The van der Waals surface area contributed by atoms with Crippen molar-refractivity contribution in [2.75, 3.05) is 0 Å². The number of rotatable bonds is 4. The molecule has 0 aromatic carbocycles. The Morgan fingerprint density at radius 1 is 1.29 bits per heavy atom. The van der Waals surface area contributed by atoms with E-state index in [1.54, 1.807) is 37.6 Å². The van der Waals surface area contributed by atoms with Crippen LogP contribution in [-0.4, -0.2) is 26.3 Å². The van der Waals surface area contributed by atoms with Gasteiger partial charge in [0.15, 0.2) is 11.6 Å². The van der Waals surface area contributed by atoms with Crippen molar-refractivity contribution < 1.29 is 9.59 Å². The zero-order valence-corrected chi connectivity index (χ0v) is 9.33. The summed E-state index contributed by atoms with van der Waals surface area (Å²) >= 11 is 0. The minimum absolute atomic E-state index is 0.178. The van der Waals surface area contributed by atoms with Crippen molar-refractivity contribution in [2.24, 2.45) is 7.05 Å². The number of hydrogen-bond donors (Lipinski definition) is 0. The molecule has 0 fully saturated rings. The van der Waals surface area contributed by atoms with E-state index in [9.17, 15) is 9.59 Å². The maximum Gasteiger partial charge on any atom is 0.190 e. The third-order valence-electron chi connectivity index (χ3n) is 2.30. The van der Waals surface area contributed by atoms with Crippen LogP contribution in [0, 0.1) is 0 Å². The lowest BCUT2D eigenvalue weighted by Gasteiger charge is -1.98. The molecule has 0 aliphatic rings. The molecule has 0 bridgehead atoms. The van der Waals surface area contributed by atoms with Crippen LogP contribution in [-0.2, 0) is 7.05 Å². The lowest BCUT2D eigenvalue weighted by molar-refractivity contribution is 0.0891. The molecule has 86 valence electrons. The summed E-state index contributed by atoms with van der Waals surface area (Å²) in [6.07, 6.45) is 4.52. The zero-order valence-electron chi connectivity index (χ0n) is 9.33. The molecule has 0 saturated carbocycles. The van der Waals surface area contributed by atoms with Gasteiger partial charge in [-0.2, -0.15) is 5.10 Å². The first kappa shape index (κ1) is 11.2. The number of carbonyl (C=O) groups excluding carboxylic acids is 2. The van der Waals surface area contributed by atoms with Crippen LogP contribution in [0.3, 0.4) is 0 Å². The Hall–Kier alpha value is -2.30. The topological polar surface area (TPSA) is 64.8 Å². The largest absolute Gasteiger partial charge is 0.294 e. The molecule has 0 atom stereocenters. The zero-order chi connectivity index (χ0) is 12.3. The number of ketones is 2. The maximum atomic E-state index is 11.7. The van der Waals surface area contributed by atoms with Crippen molar-refractivity contribution in [3.8, 4) is 0 Å². The van der Waals surface area contributed by atoms with Crippen molar-refractivity contribution in [1.29, 1.82) is 0 Å². The standard InChI is InChI=1S/C12H11N3O2/c1-15-6-4-10(14-15)12(17)7-11(16)9-3-2-5-13-8-9/h2-6,8H,7H2,1H3. The fourth-order valence-electron chi connectivity index (χ4n) is 1.43. The average molecular weight is 229 g/mol. The van der Waals surface area contributed by atoms with E-state index < -0.39 is 0 Å². The van der Waals surface area contributed by atoms with E-state index in [1.807, 2.05) is 0 Å². The molecule has 0 amide bonds. The lowest BCUT2D eigenvalue weighted by Crippen LogP contribution is -2.09. The van der Waals surface area contributed by atoms with Crippen LogP contribution in [0.4, 0.5) is 0 Å². The number of hydrogen-bond acceptors (Lipinski definition) is 4. The molecule has 2 aromatic heterocycles. The van der Waals surface area contributed by atoms with Gasteiger partial charge in [-0.25, -0.2) is 0 Å². The van der Waals surface area contributed by atoms with E-state index in [-0.39, 0.29) is 18.0 Å². The molecule has 2 rings (SSSR count). The van der Waals surface area contributed by atoms with Crippen molar-refractivity contribution in [3.63, 3.8) is 0 Å². The summed E-state index contributed by atoms with van der Waals surface area (Å²) in [4.78, 5) is 27.3. The van der Waals surface area contributed by atoms with Gasteiger partial charge in [0.25, 0.3) is 0 Å². The van der Waals surface area contributed by atoms with Gasteiger partial charge >= 0.3 is 0 Å². The molecule has 5 nitrogen and oxygen atoms in total. The van der Waals surface area contributed by atoms with Gasteiger partial charge in [-0.1, -0.05) is 0 Å². The van der Waals surface area contributed by atoms with Gasteiger partial charge in [0.2, 0.25) is 0 Å². The summed E-state index contributed by atoms with van der Waals surface area (Å²) in [6, 6.07) is 4.90. The van der Waals surface area contributed by atoms with Crippen molar-refractivity contribution >= 4 is 11.6 Å². The van der Waals surface area contributed by atoms with Crippen LogP contribution in [0.5, 0.6) is 0 Å². The first-order valence-corrected chi connectivity index (χ1v) is 5.13. The van der Waals surface area contributed by atoms with E-state index >= 15 is 0 Å². The van der Waals surface area contributed by atoms with E-state index in [0.29, 0.717) is 11.3 Å². The van der Waals surface area contributed by atoms with Crippen LogP contribution >= 0.6 is 0 Å². The highest BCUT2D eigenvalue weighted by Crippen LogP contribution is 2.06. The Morgan fingerprint density at radius 3 is 2.71 bits per heavy atom. The molecule has 0 aliphatic carbocycles.